The summed E-state index contributed by atoms with van der Waals surface area (Å²) in [5.41, 5.74) is 14.6. The Morgan fingerprint density at radius 2 is 1.30 bits per heavy atom. The number of carbonyl (C=O) groups excluding carboxylic acids is 2. The Bertz CT molecular complexity index is 276. The van der Waals surface area contributed by atoms with E-state index in [-0.39, 0.29) is 44.7 Å². The fourth-order valence-corrected chi connectivity index (χ4v) is 1.42. The third kappa shape index (κ3) is 22.2. The van der Waals surface area contributed by atoms with Crippen LogP contribution < -0.4 is 0 Å². The van der Waals surface area contributed by atoms with Crippen molar-refractivity contribution in [2.75, 3.05) is 0 Å². The Morgan fingerprint density at radius 3 is 1.40 bits per heavy atom. The van der Waals surface area contributed by atoms with Crippen LogP contribution in [0.4, 0.5) is 0 Å². The Kier molecular flexibility index (Phi) is 17.4. The van der Waals surface area contributed by atoms with Crippen molar-refractivity contribution in [3.05, 3.63) is 22.8 Å². The average Bonchev–Trinajstić information content (AvgIpc) is 2.20. The topological polar surface area (TPSA) is 142 Å². The molecule has 0 saturated heterocycles. The minimum atomic E-state index is -1.25. The summed E-state index contributed by atoms with van der Waals surface area (Å²) in [5, 5.41) is 12.5. The van der Waals surface area contributed by atoms with Crippen molar-refractivity contribution in [1.29, 1.82) is 0 Å². The van der Waals surface area contributed by atoms with Crippen LogP contribution in [-0.4, -0.2) is 39.2 Å². The summed E-state index contributed by atoms with van der Waals surface area (Å²) in [5.74, 6) is -0.375. The predicted octanol–water partition coefficient (Wildman–Crippen LogP) is 2.31. The van der Waals surface area contributed by atoms with Gasteiger partial charge in [0.05, 0.1) is 0 Å². The third-order valence-electron chi connectivity index (χ3n) is 2.17. The fourth-order valence-electron chi connectivity index (χ4n) is 1.42. The molecule has 0 heterocycles. The summed E-state index contributed by atoms with van der Waals surface area (Å²) in [4.78, 5) is 28.4. The van der Waals surface area contributed by atoms with Crippen LogP contribution in [-0.2, 0) is 30.7 Å². The van der Waals surface area contributed by atoms with Gasteiger partial charge in [0.2, 0.25) is 0 Å². The van der Waals surface area contributed by atoms with Gasteiger partial charge >= 0.3 is 26.2 Å². The monoisotopic (exact) mass is 470 g/mol. The summed E-state index contributed by atoms with van der Waals surface area (Å²) in [6, 6.07) is -0.160. The Morgan fingerprint density at radius 1 is 1.05 bits per heavy atom. The first kappa shape index (κ1) is 24.1. The number of hydrogen-bond acceptors (Lipinski definition) is 3. The first-order valence-electron chi connectivity index (χ1n) is 5.80. The second kappa shape index (κ2) is 14.4. The molecule has 2 unspecified atom stereocenters. The van der Waals surface area contributed by atoms with E-state index in [1.807, 2.05) is 0 Å². The first-order chi connectivity index (χ1) is 8.66. The van der Waals surface area contributed by atoms with Crippen LogP contribution in [0.25, 0.3) is 11.5 Å². The van der Waals surface area contributed by atoms with E-state index in [0.717, 1.165) is 19.3 Å². The van der Waals surface area contributed by atoms with E-state index >= 15 is 0 Å². The Hall–Kier alpha value is -0.982. The molecule has 1 aliphatic rings. The van der Waals surface area contributed by atoms with Crippen LogP contribution in [0.15, 0.2) is 0 Å². The van der Waals surface area contributed by atoms with Crippen LogP contribution >= 0.6 is 0 Å². The molecule has 1 fully saturated rings. The number of nitrogens with zero attached hydrogens (tertiary/aromatic N) is 1. The van der Waals surface area contributed by atoms with Gasteiger partial charge in [-0.25, -0.2) is 10.4 Å². The van der Waals surface area contributed by atoms with Gasteiger partial charge < -0.3 is 21.1 Å². The molecule has 0 aromatic carbocycles. The normalized spacial score (nSPS) is 19.8. The molecule has 0 bridgehead atoms. The molecule has 8 nitrogen and oxygen atoms in total. The quantitative estimate of drug-likeness (QED) is 0.362. The number of hydrogen-bond donors (Lipinski definition) is 2. The minimum absolute atomic E-state index is 0. The largest absolute Gasteiger partial charge is 4.00 e. The molecule has 0 spiro atoms. The van der Waals surface area contributed by atoms with Gasteiger partial charge in [-0.3, -0.25) is 6.42 Å². The van der Waals surface area contributed by atoms with Gasteiger partial charge in [0.25, 0.3) is 0 Å². The van der Waals surface area contributed by atoms with Gasteiger partial charge in [-0.1, -0.05) is 25.7 Å². The van der Waals surface area contributed by atoms with Crippen molar-refractivity contribution in [2.24, 2.45) is 0 Å². The van der Waals surface area contributed by atoms with Gasteiger partial charge in [0, 0.05) is 11.6 Å². The van der Waals surface area contributed by atoms with E-state index < -0.39 is 5.09 Å². The summed E-state index contributed by atoms with van der Waals surface area (Å²) in [7, 11) is 0. The first-order valence-corrected chi connectivity index (χ1v) is 5.80. The van der Waals surface area contributed by atoms with E-state index in [0.29, 0.717) is 0 Å². The maximum atomic E-state index is 9.98. The van der Waals surface area contributed by atoms with Crippen LogP contribution in [0.2, 0.25) is 0 Å². The standard InChI is InChI=1S/C6H12N2.C5H7O2.H2NO3.Pt/c7-5-3-1-2-4-6(5)8;1-4(6)3-5(2)7;2-1(3)4;/h5-8H,1-4H2;3H,1-2H3;(H2,2,3,4);/q-2;-1;+1;+4. The zero-order valence-corrected chi connectivity index (χ0v) is 13.7. The van der Waals surface area contributed by atoms with Gasteiger partial charge in [-0.2, -0.15) is 12.1 Å². The zero-order chi connectivity index (χ0) is 15.4. The molecular weight excluding hydrogens is 449 g/mol. The molecule has 4 N–H and O–H groups in total. The van der Waals surface area contributed by atoms with Crippen molar-refractivity contribution in [1.82, 2.24) is 0 Å². The minimum Gasteiger partial charge on any atom is -0.676 e. The molecule has 1 saturated carbocycles. The van der Waals surface area contributed by atoms with E-state index in [9.17, 15) is 9.59 Å². The van der Waals surface area contributed by atoms with E-state index in [4.69, 9.17) is 26.8 Å². The fraction of sp³-hybridized carbons (Fsp3) is 0.727. The van der Waals surface area contributed by atoms with Crippen LogP contribution in [0.3, 0.4) is 0 Å². The smallest absolute Gasteiger partial charge is 0.676 e. The molecule has 1 rings (SSSR count). The summed E-state index contributed by atoms with van der Waals surface area (Å²) in [6.45, 7) is 2.70. The number of carbonyl (C=O) groups is 2. The molecule has 2 atom stereocenters. The second-order valence-electron chi connectivity index (χ2n) is 4.12. The molecule has 0 aromatic heterocycles. The molecular formula is C11H21N3O5Pt+2. The zero-order valence-electron chi connectivity index (χ0n) is 11.4. The van der Waals surface area contributed by atoms with Crippen LogP contribution in [0.1, 0.15) is 39.5 Å². The van der Waals surface area contributed by atoms with Gasteiger partial charge in [-0.15, -0.1) is 0 Å². The summed E-state index contributed by atoms with van der Waals surface area (Å²) in [6.07, 6.45) is 5.30. The summed E-state index contributed by atoms with van der Waals surface area (Å²) >= 11 is 0. The summed E-state index contributed by atoms with van der Waals surface area (Å²) < 4.78 is 0. The second-order valence-corrected chi connectivity index (χ2v) is 4.12. The molecule has 9 heteroatoms. The van der Waals surface area contributed by atoms with Crippen molar-refractivity contribution in [2.45, 2.75) is 51.6 Å². The van der Waals surface area contributed by atoms with Crippen molar-refractivity contribution < 1.29 is 46.2 Å². The third-order valence-corrected chi connectivity index (χ3v) is 2.17. The van der Waals surface area contributed by atoms with Gasteiger partial charge in [0.1, 0.15) is 4.91 Å². The van der Waals surface area contributed by atoms with Crippen molar-refractivity contribution in [3.63, 3.8) is 0 Å². The number of Topliss-reactive ketones (excluding diaryl/α,β-unsaturated/α-hetero) is 2. The molecule has 20 heavy (non-hydrogen) atoms. The maximum Gasteiger partial charge on any atom is 4.00 e. The molecule has 0 amide bonds. The number of ketones is 2. The Balaban J connectivity index is -0.000000224. The molecule has 0 aliphatic heterocycles. The van der Waals surface area contributed by atoms with E-state index in [1.165, 1.54) is 26.7 Å². The SMILES string of the molecule is CC(=O)[CH-]C(C)=O.O=[N+](O)O.[NH-]C1CCCCC1[NH-].[Pt+4]. The average molecular weight is 470 g/mol. The number of rotatable bonds is 2. The van der Waals surface area contributed by atoms with Crippen LogP contribution in [0, 0.1) is 11.3 Å². The van der Waals surface area contributed by atoms with Crippen molar-refractivity contribution >= 4 is 11.6 Å². The van der Waals surface area contributed by atoms with Gasteiger partial charge in [0.15, 0.2) is 0 Å². The molecule has 118 valence electrons. The molecule has 0 aromatic rings. The number of nitrogens with one attached hydrogen (secondary N) is 2. The Labute approximate surface area is 132 Å². The van der Waals surface area contributed by atoms with Crippen molar-refractivity contribution in [3.8, 4) is 0 Å². The maximum absolute atomic E-state index is 9.98. The van der Waals surface area contributed by atoms with Gasteiger partial charge in [-0.05, 0) is 13.8 Å². The molecule has 0 radical (unpaired) electrons. The van der Waals surface area contributed by atoms with E-state index in [2.05, 4.69) is 0 Å². The molecule has 1 aliphatic carbocycles. The van der Waals surface area contributed by atoms with Crippen LogP contribution in [0.5, 0.6) is 0 Å². The van der Waals surface area contributed by atoms with E-state index in [1.54, 1.807) is 0 Å². The predicted molar refractivity (Wildman–Crippen MR) is 67.5 cm³/mol.